The second kappa shape index (κ2) is 4.74. The normalized spacial score (nSPS) is 24.3. The van der Waals surface area contributed by atoms with Crippen LogP contribution in [0.2, 0.25) is 0 Å². The van der Waals surface area contributed by atoms with E-state index in [0.717, 1.165) is 6.54 Å². The lowest BCUT2D eigenvalue weighted by atomic mass is 9.82. The zero-order valence-electron chi connectivity index (χ0n) is 11.5. The van der Waals surface area contributed by atoms with Crippen molar-refractivity contribution in [1.29, 1.82) is 0 Å². The molecule has 1 saturated heterocycles. The van der Waals surface area contributed by atoms with Gasteiger partial charge in [-0.25, -0.2) is 0 Å². The molecule has 1 amide bonds. The van der Waals surface area contributed by atoms with Crippen molar-refractivity contribution in [3.05, 3.63) is 0 Å². The highest BCUT2D eigenvalue weighted by Crippen LogP contribution is 2.27. The topological polar surface area (TPSA) is 32.3 Å². The molecule has 2 unspecified atom stereocenters. The lowest BCUT2D eigenvalue weighted by Gasteiger charge is -2.31. The van der Waals surface area contributed by atoms with Crippen LogP contribution in [0.1, 0.15) is 41.5 Å². The molecule has 0 aromatic rings. The highest BCUT2D eigenvalue weighted by molar-refractivity contribution is 5.84. The molecule has 1 heterocycles. The van der Waals surface area contributed by atoms with Crippen molar-refractivity contribution in [2.75, 3.05) is 13.2 Å². The first-order chi connectivity index (χ1) is 7.23. The number of amides is 1. The minimum absolute atomic E-state index is 0.0205. The molecule has 1 aliphatic heterocycles. The Morgan fingerprint density at radius 3 is 2.31 bits per heavy atom. The van der Waals surface area contributed by atoms with E-state index < -0.39 is 0 Å². The van der Waals surface area contributed by atoms with E-state index in [1.807, 2.05) is 4.90 Å². The first kappa shape index (κ1) is 13.5. The maximum Gasteiger partial charge on any atom is 0.241 e. The fraction of sp³-hybridized carbons (Fsp3) is 0.923. The molecular weight excluding hydrogens is 200 g/mol. The van der Waals surface area contributed by atoms with Gasteiger partial charge in [-0.3, -0.25) is 10.1 Å². The molecule has 0 spiro atoms. The van der Waals surface area contributed by atoms with E-state index in [0.29, 0.717) is 18.5 Å². The zero-order chi connectivity index (χ0) is 12.5. The fourth-order valence-corrected chi connectivity index (χ4v) is 1.85. The van der Waals surface area contributed by atoms with Crippen LogP contribution in [0.4, 0.5) is 0 Å². The van der Waals surface area contributed by atoms with Gasteiger partial charge in [0.15, 0.2) is 0 Å². The minimum Gasteiger partial charge on any atom is -0.328 e. The van der Waals surface area contributed by atoms with Crippen molar-refractivity contribution < 1.29 is 4.79 Å². The van der Waals surface area contributed by atoms with Gasteiger partial charge in [0.1, 0.15) is 0 Å². The predicted molar refractivity (Wildman–Crippen MR) is 67.0 cm³/mol. The molecule has 1 rings (SSSR count). The Kier molecular flexibility index (Phi) is 4.00. The Morgan fingerprint density at radius 1 is 1.38 bits per heavy atom. The fourth-order valence-electron chi connectivity index (χ4n) is 1.85. The number of carbonyl (C=O) groups is 1. The third-order valence-electron chi connectivity index (χ3n) is 3.72. The van der Waals surface area contributed by atoms with Crippen LogP contribution in [0.25, 0.3) is 0 Å². The van der Waals surface area contributed by atoms with Crippen molar-refractivity contribution in [3.63, 3.8) is 0 Å². The van der Waals surface area contributed by atoms with Gasteiger partial charge in [-0.1, -0.05) is 41.5 Å². The van der Waals surface area contributed by atoms with Crippen LogP contribution >= 0.6 is 0 Å². The third kappa shape index (κ3) is 2.97. The summed E-state index contributed by atoms with van der Waals surface area (Å²) >= 11 is 0. The Morgan fingerprint density at radius 2 is 1.94 bits per heavy atom. The third-order valence-corrected chi connectivity index (χ3v) is 3.72. The van der Waals surface area contributed by atoms with Crippen LogP contribution in [-0.2, 0) is 4.79 Å². The monoisotopic (exact) mass is 226 g/mol. The number of nitrogens with zero attached hydrogens (tertiary/aromatic N) is 1. The predicted octanol–water partition coefficient (Wildman–Crippen LogP) is 2.08. The van der Waals surface area contributed by atoms with Gasteiger partial charge in [-0.15, -0.1) is 0 Å². The van der Waals surface area contributed by atoms with Crippen LogP contribution in [0.3, 0.4) is 0 Å². The summed E-state index contributed by atoms with van der Waals surface area (Å²) in [7, 11) is 0. The maximum atomic E-state index is 12.1. The highest BCUT2D eigenvalue weighted by atomic mass is 16.2. The lowest BCUT2D eigenvalue weighted by molar-refractivity contribution is -0.130. The molecular formula is C13H26N2O. The van der Waals surface area contributed by atoms with Crippen LogP contribution in [0.5, 0.6) is 0 Å². The molecule has 0 bridgehead atoms. The molecule has 1 aliphatic rings. The van der Waals surface area contributed by atoms with E-state index in [2.05, 4.69) is 46.9 Å². The number of hydrogen-bond acceptors (Lipinski definition) is 2. The van der Waals surface area contributed by atoms with Crippen molar-refractivity contribution >= 4 is 5.91 Å². The zero-order valence-corrected chi connectivity index (χ0v) is 11.5. The van der Waals surface area contributed by atoms with Crippen molar-refractivity contribution in [2.24, 2.45) is 17.3 Å². The van der Waals surface area contributed by atoms with E-state index in [1.54, 1.807) is 0 Å². The second-order valence-corrected chi connectivity index (χ2v) is 6.41. The van der Waals surface area contributed by atoms with Gasteiger partial charge in [-0.2, -0.15) is 0 Å². The summed E-state index contributed by atoms with van der Waals surface area (Å²) in [4.78, 5) is 14.0. The molecule has 1 N–H and O–H groups in total. The molecule has 3 nitrogen and oxygen atoms in total. The SMILES string of the molecule is CC(C)C1NCN(CC(C)C(C)(C)C)C1=O. The van der Waals surface area contributed by atoms with Gasteiger partial charge in [0.2, 0.25) is 5.91 Å². The van der Waals surface area contributed by atoms with Crippen LogP contribution in [-0.4, -0.2) is 30.1 Å². The van der Waals surface area contributed by atoms with Gasteiger partial charge in [-0.05, 0) is 17.3 Å². The van der Waals surface area contributed by atoms with E-state index in [4.69, 9.17) is 0 Å². The lowest BCUT2D eigenvalue weighted by Crippen LogP contribution is -2.38. The van der Waals surface area contributed by atoms with E-state index in [1.165, 1.54) is 0 Å². The summed E-state index contributed by atoms with van der Waals surface area (Å²) in [5.74, 6) is 1.16. The summed E-state index contributed by atoms with van der Waals surface area (Å²) in [5, 5.41) is 3.29. The molecule has 0 radical (unpaired) electrons. The molecule has 0 aromatic heterocycles. The number of hydrogen-bond donors (Lipinski definition) is 1. The second-order valence-electron chi connectivity index (χ2n) is 6.41. The van der Waals surface area contributed by atoms with Crippen molar-refractivity contribution in [2.45, 2.75) is 47.6 Å². The van der Waals surface area contributed by atoms with Crippen LogP contribution < -0.4 is 5.32 Å². The van der Waals surface area contributed by atoms with Gasteiger partial charge in [0.25, 0.3) is 0 Å². The van der Waals surface area contributed by atoms with Gasteiger partial charge in [0.05, 0.1) is 12.7 Å². The molecule has 94 valence electrons. The van der Waals surface area contributed by atoms with Crippen molar-refractivity contribution in [1.82, 2.24) is 10.2 Å². The molecule has 0 aromatic carbocycles. The molecule has 3 heteroatoms. The Bertz CT molecular complexity index is 255. The summed E-state index contributed by atoms with van der Waals surface area (Å²) in [6.07, 6.45) is 0. The van der Waals surface area contributed by atoms with E-state index in [-0.39, 0.29) is 17.4 Å². The highest BCUT2D eigenvalue weighted by Gasteiger charge is 2.35. The van der Waals surface area contributed by atoms with Crippen molar-refractivity contribution in [3.8, 4) is 0 Å². The molecule has 0 saturated carbocycles. The number of carbonyl (C=O) groups excluding carboxylic acids is 1. The summed E-state index contributed by atoms with van der Waals surface area (Å²) in [6.45, 7) is 14.7. The molecule has 1 fully saturated rings. The Balaban J connectivity index is 2.56. The maximum absolute atomic E-state index is 12.1. The summed E-state index contributed by atoms with van der Waals surface area (Å²) in [5.41, 5.74) is 0.260. The summed E-state index contributed by atoms with van der Waals surface area (Å²) < 4.78 is 0. The average Bonchev–Trinajstić information content (AvgIpc) is 2.46. The smallest absolute Gasteiger partial charge is 0.241 e. The first-order valence-corrected chi connectivity index (χ1v) is 6.25. The largest absolute Gasteiger partial charge is 0.328 e. The molecule has 16 heavy (non-hydrogen) atoms. The summed E-state index contributed by atoms with van der Waals surface area (Å²) in [6, 6.07) is 0.0205. The van der Waals surface area contributed by atoms with Gasteiger partial charge in [0, 0.05) is 6.54 Å². The van der Waals surface area contributed by atoms with Gasteiger partial charge >= 0.3 is 0 Å². The standard InChI is InChI=1S/C13H26N2O/c1-9(2)11-12(16)15(8-14-11)7-10(3)13(4,5)6/h9-11,14H,7-8H2,1-6H3. The Hall–Kier alpha value is -0.570. The molecule has 2 atom stereocenters. The first-order valence-electron chi connectivity index (χ1n) is 6.25. The number of rotatable bonds is 3. The Labute approximate surface area is 99.6 Å². The number of nitrogens with one attached hydrogen (secondary N) is 1. The molecule has 0 aliphatic carbocycles. The average molecular weight is 226 g/mol. The van der Waals surface area contributed by atoms with E-state index in [9.17, 15) is 4.79 Å². The van der Waals surface area contributed by atoms with Gasteiger partial charge < -0.3 is 4.90 Å². The van der Waals surface area contributed by atoms with Crippen LogP contribution in [0.15, 0.2) is 0 Å². The minimum atomic E-state index is 0.0205. The quantitative estimate of drug-likeness (QED) is 0.799. The van der Waals surface area contributed by atoms with Crippen LogP contribution in [0, 0.1) is 17.3 Å². The van der Waals surface area contributed by atoms with E-state index >= 15 is 0 Å².